The summed E-state index contributed by atoms with van der Waals surface area (Å²) in [4.78, 5) is 15.1. The number of likely N-dealkylation sites (tertiary alicyclic amines) is 1. The lowest BCUT2D eigenvalue weighted by Crippen LogP contribution is -2.50. The number of carbonyl (C=O) groups excluding carboxylic acids is 1. The first-order chi connectivity index (χ1) is 14.5. The Bertz CT molecular complexity index is 972. The molecule has 7 nitrogen and oxygen atoms in total. The van der Waals surface area contributed by atoms with E-state index in [2.05, 4.69) is 0 Å². The lowest BCUT2D eigenvalue weighted by Gasteiger charge is -2.38. The van der Waals surface area contributed by atoms with E-state index in [1.54, 1.807) is 41.3 Å². The fourth-order valence-corrected chi connectivity index (χ4v) is 5.16. The van der Waals surface area contributed by atoms with Crippen molar-refractivity contribution in [3.05, 3.63) is 60.2 Å². The molecule has 0 saturated carbocycles. The van der Waals surface area contributed by atoms with E-state index in [0.717, 1.165) is 19.3 Å². The molecular weight excluding hydrogens is 404 g/mol. The Morgan fingerprint density at radius 3 is 2.33 bits per heavy atom. The fraction of sp³-hybridized carbons (Fsp3) is 0.409. The first-order valence-corrected chi connectivity index (χ1v) is 11.6. The molecule has 1 atom stereocenters. The summed E-state index contributed by atoms with van der Waals surface area (Å²) in [6.07, 6.45) is 2.42. The Morgan fingerprint density at radius 2 is 1.67 bits per heavy atom. The van der Waals surface area contributed by atoms with Gasteiger partial charge in [0, 0.05) is 19.2 Å². The number of hydrogen-bond acceptors (Lipinski definition) is 5. The van der Waals surface area contributed by atoms with Crippen LogP contribution in [-0.2, 0) is 19.5 Å². The van der Waals surface area contributed by atoms with Gasteiger partial charge in [0.05, 0.1) is 29.8 Å². The van der Waals surface area contributed by atoms with Gasteiger partial charge in [0.2, 0.25) is 0 Å². The number of ether oxygens (including phenoxy) is 2. The van der Waals surface area contributed by atoms with Crippen molar-refractivity contribution in [2.75, 3.05) is 31.1 Å². The van der Waals surface area contributed by atoms with Gasteiger partial charge in [-0.15, -0.1) is 0 Å². The summed E-state index contributed by atoms with van der Waals surface area (Å²) in [5.41, 5.74) is 1.03. The van der Waals surface area contributed by atoms with Gasteiger partial charge in [-0.3, -0.25) is 9.10 Å². The van der Waals surface area contributed by atoms with Gasteiger partial charge >= 0.3 is 0 Å². The van der Waals surface area contributed by atoms with Crippen LogP contribution < -0.4 is 4.31 Å². The zero-order valence-electron chi connectivity index (χ0n) is 16.9. The van der Waals surface area contributed by atoms with Crippen LogP contribution in [0.2, 0.25) is 0 Å². The van der Waals surface area contributed by atoms with Gasteiger partial charge in [-0.1, -0.05) is 18.2 Å². The Kier molecular flexibility index (Phi) is 6.08. The summed E-state index contributed by atoms with van der Waals surface area (Å²) in [6.45, 7) is 1.74. The highest BCUT2D eigenvalue weighted by molar-refractivity contribution is 7.92. The van der Waals surface area contributed by atoms with Gasteiger partial charge in [0.15, 0.2) is 6.29 Å². The van der Waals surface area contributed by atoms with Crippen molar-refractivity contribution < 1.29 is 22.7 Å². The molecule has 0 bridgehead atoms. The molecule has 2 aliphatic heterocycles. The zero-order chi connectivity index (χ0) is 21.1. The second-order valence-electron chi connectivity index (χ2n) is 7.50. The van der Waals surface area contributed by atoms with Gasteiger partial charge in [0.25, 0.3) is 15.9 Å². The minimum atomic E-state index is -3.71. The van der Waals surface area contributed by atoms with Crippen molar-refractivity contribution in [2.24, 2.45) is 0 Å². The van der Waals surface area contributed by atoms with Gasteiger partial charge in [-0.25, -0.2) is 8.42 Å². The molecule has 160 valence electrons. The smallest absolute Gasteiger partial charge is 0.264 e. The number of para-hydroxylation sites is 1. The summed E-state index contributed by atoms with van der Waals surface area (Å²) in [5, 5.41) is 0. The number of piperidine rings is 1. The number of nitrogens with zero attached hydrogens (tertiary/aromatic N) is 2. The molecule has 0 aliphatic carbocycles. The summed E-state index contributed by atoms with van der Waals surface area (Å²) >= 11 is 0. The molecule has 1 amide bonds. The SMILES string of the molecule is CN(c1ccccc1)S(=O)(=O)c1ccc(C(=O)N2CCCCC2C2OCCO2)cc1. The Balaban J connectivity index is 1.53. The number of anilines is 1. The maximum Gasteiger partial charge on any atom is 0.264 e. The second kappa shape index (κ2) is 8.75. The standard InChI is InChI=1S/C22H26N2O5S/c1-23(18-7-3-2-4-8-18)30(26,27)19-12-10-17(11-13-19)21(25)24-14-6-5-9-20(24)22-28-15-16-29-22/h2-4,7-8,10-13,20,22H,5-6,9,14-16H2,1H3. The Morgan fingerprint density at radius 1 is 1.00 bits per heavy atom. The van der Waals surface area contributed by atoms with E-state index in [0.29, 0.717) is 31.0 Å². The highest BCUT2D eigenvalue weighted by Crippen LogP contribution is 2.27. The van der Waals surface area contributed by atoms with E-state index < -0.39 is 10.0 Å². The predicted molar refractivity (Wildman–Crippen MR) is 113 cm³/mol. The minimum Gasteiger partial charge on any atom is -0.348 e. The molecule has 2 fully saturated rings. The Hall–Kier alpha value is -2.42. The van der Waals surface area contributed by atoms with E-state index in [1.165, 1.54) is 23.5 Å². The number of carbonyl (C=O) groups is 1. The van der Waals surface area contributed by atoms with Gasteiger partial charge in [-0.05, 0) is 55.7 Å². The Labute approximate surface area is 177 Å². The van der Waals surface area contributed by atoms with Crippen LogP contribution in [0.25, 0.3) is 0 Å². The number of amides is 1. The van der Waals surface area contributed by atoms with Crippen molar-refractivity contribution >= 4 is 21.6 Å². The van der Waals surface area contributed by atoms with E-state index in [9.17, 15) is 13.2 Å². The molecule has 0 radical (unpaired) electrons. The van der Waals surface area contributed by atoms with Crippen LogP contribution in [0.15, 0.2) is 59.5 Å². The molecule has 30 heavy (non-hydrogen) atoms. The number of benzene rings is 2. The number of rotatable bonds is 5. The maximum atomic E-state index is 13.1. The molecule has 2 aromatic carbocycles. The predicted octanol–water partition coefficient (Wildman–Crippen LogP) is 2.88. The van der Waals surface area contributed by atoms with Crippen LogP contribution in [0.5, 0.6) is 0 Å². The normalized spacial score (nSPS) is 20.3. The molecule has 0 N–H and O–H groups in total. The van der Waals surface area contributed by atoms with Crippen molar-refractivity contribution in [1.82, 2.24) is 4.90 Å². The van der Waals surface area contributed by atoms with E-state index in [-0.39, 0.29) is 23.1 Å². The van der Waals surface area contributed by atoms with E-state index in [4.69, 9.17) is 9.47 Å². The molecule has 1 unspecified atom stereocenters. The molecule has 2 saturated heterocycles. The van der Waals surface area contributed by atoms with Gasteiger partial charge in [-0.2, -0.15) is 0 Å². The summed E-state index contributed by atoms with van der Waals surface area (Å²) < 4.78 is 38.4. The minimum absolute atomic E-state index is 0.110. The zero-order valence-corrected chi connectivity index (χ0v) is 17.8. The molecule has 4 rings (SSSR count). The largest absolute Gasteiger partial charge is 0.348 e. The highest BCUT2D eigenvalue weighted by Gasteiger charge is 2.36. The summed E-state index contributed by atoms with van der Waals surface area (Å²) in [6, 6.07) is 14.9. The third kappa shape index (κ3) is 4.08. The molecular formula is C22H26N2O5S. The van der Waals surface area contributed by atoms with Crippen molar-refractivity contribution in [2.45, 2.75) is 36.5 Å². The molecule has 8 heteroatoms. The van der Waals surface area contributed by atoms with Crippen LogP contribution in [0.4, 0.5) is 5.69 Å². The highest BCUT2D eigenvalue weighted by atomic mass is 32.2. The average Bonchev–Trinajstić information content (AvgIpc) is 3.33. The van der Waals surface area contributed by atoms with Crippen LogP contribution in [0, 0.1) is 0 Å². The lowest BCUT2D eigenvalue weighted by molar-refractivity contribution is -0.100. The first-order valence-electron chi connectivity index (χ1n) is 10.2. The average molecular weight is 431 g/mol. The molecule has 0 spiro atoms. The molecule has 2 heterocycles. The van der Waals surface area contributed by atoms with Crippen LogP contribution in [-0.4, -0.2) is 58.4 Å². The molecule has 2 aromatic rings. The monoisotopic (exact) mass is 430 g/mol. The van der Waals surface area contributed by atoms with Crippen LogP contribution in [0.1, 0.15) is 29.6 Å². The van der Waals surface area contributed by atoms with Crippen molar-refractivity contribution in [1.29, 1.82) is 0 Å². The maximum absolute atomic E-state index is 13.1. The number of hydrogen-bond donors (Lipinski definition) is 0. The van der Waals surface area contributed by atoms with Crippen molar-refractivity contribution in [3.8, 4) is 0 Å². The van der Waals surface area contributed by atoms with E-state index in [1.807, 2.05) is 6.07 Å². The molecule has 0 aromatic heterocycles. The topological polar surface area (TPSA) is 76.2 Å². The van der Waals surface area contributed by atoms with Crippen LogP contribution in [0.3, 0.4) is 0 Å². The van der Waals surface area contributed by atoms with Gasteiger partial charge < -0.3 is 14.4 Å². The fourth-order valence-electron chi connectivity index (χ4n) is 3.96. The molecule has 2 aliphatic rings. The van der Waals surface area contributed by atoms with E-state index >= 15 is 0 Å². The summed E-state index contributed by atoms with van der Waals surface area (Å²) in [5.74, 6) is -0.126. The second-order valence-corrected chi connectivity index (χ2v) is 9.47. The first kappa shape index (κ1) is 20.8. The quantitative estimate of drug-likeness (QED) is 0.729. The van der Waals surface area contributed by atoms with Gasteiger partial charge in [0.1, 0.15) is 0 Å². The lowest BCUT2D eigenvalue weighted by atomic mass is 10.00. The third-order valence-corrected chi connectivity index (χ3v) is 7.45. The third-order valence-electron chi connectivity index (χ3n) is 5.65. The van der Waals surface area contributed by atoms with Crippen LogP contribution >= 0.6 is 0 Å². The van der Waals surface area contributed by atoms with Crippen molar-refractivity contribution in [3.63, 3.8) is 0 Å². The summed E-state index contributed by atoms with van der Waals surface area (Å²) in [7, 11) is -2.20. The number of sulfonamides is 1.